The molecule has 0 bridgehead atoms. The summed E-state index contributed by atoms with van der Waals surface area (Å²) < 4.78 is 2.50. The first-order valence-corrected chi connectivity index (χ1v) is 2.06. The smallest absolute Gasteiger partial charge is 0.0192 e. The number of halogens is 1. The second-order valence-corrected chi connectivity index (χ2v) is 0.903. The third-order valence-electron chi connectivity index (χ3n) is 0.119. The Labute approximate surface area is 45.1 Å². The topological polar surface area (TPSA) is 0 Å². The highest BCUT2D eigenvalue weighted by molar-refractivity contribution is 14.1. The predicted molar refractivity (Wildman–Crippen MR) is 30.6 cm³/mol. The molecule has 0 aliphatic rings. The molecule has 0 aromatic carbocycles. The van der Waals surface area contributed by atoms with Crippen LogP contribution in [0, 0.1) is 22.2 Å². The van der Waals surface area contributed by atoms with Crippen LogP contribution in [0.5, 0.6) is 0 Å². The first kappa shape index (κ1) is 4.85. The maximum atomic E-state index is 4.71. The van der Waals surface area contributed by atoms with Crippen molar-refractivity contribution in [2.45, 2.75) is 0 Å². The van der Waals surface area contributed by atoms with Crippen molar-refractivity contribution in [1.82, 2.24) is 0 Å². The van der Waals surface area contributed by atoms with Crippen molar-refractivity contribution in [2.75, 3.05) is 0 Å². The van der Waals surface area contributed by atoms with Crippen LogP contribution in [0.15, 0.2) is 0 Å². The van der Waals surface area contributed by atoms with Gasteiger partial charge in [-0.05, 0) is 15.8 Å². The summed E-state index contributed by atoms with van der Waals surface area (Å²) in [4.78, 5) is 0. The molecule has 0 nitrogen and oxygen atoms in total. The molecule has 0 amide bonds. The summed E-state index contributed by atoms with van der Waals surface area (Å²) in [5.74, 6) is 4.52. The summed E-state index contributed by atoms with van der Waals surface area (Å²) in [6.45, 7) is 0. The average molecular weight is 176 g/mol. The minimum atomic E-state index is 1.88. The van der Waals surface area contributed by atoms with Crippen LogP contribution in [0.1, 0.15) is 0 Å². The molecule has 0 aromatic rings. The third kappa shape index (κ3) is 3.85. The fourth-order valence-electron chi connectivity index (χ4n) is 0.0273. The first-order valence-electron chi connectivity index (χ1n) is 0.978. The minimum absolute atomic E-state index is 1.88. The Hall–Kier alpha value is -0.150. The zero-order valence-electron chi connectivity index (χ0n) is 2.46. The molecule has 1 heteroatoms. The summed E-state index contributed by atoms with van der Waals surface area (Å²) in [7, 11) is 0. The second kappa shape index (κ2) is 3.85. The molecule has 0 fully saturated rings. The lowest BCUT2D eigenvalue weighted by molar-refractivity contribution is 2.62. The Morgan fingerprint density at radius 1 is 1.60 bits per heavy atom. The molecular formula is C4HI. The lowest BCUT2D eigenvalue weighted by Gasteiger charge is -1.39. The summed E-state index contributed by atoms with van der Waals surface area (Å²) >= 11 is 1.88. The fraction of sp³-hybridized carbons (Fsp3) is 0. The molecule has 0 saturated heterocycles. The molecule has 0 aliphatic heterocycles. The van der Waals surface area contributed by atoms with E-state index in [1.807, 2.05) is 22.6 Å². The standard InChI is InChI=1S/C4HI/c1-2-3-4-5/h1H. The molecule has 0 rings (SSSR count). The molecule has 5 heavy (non-hydrogen) atoms. The van der Waals surface area contributed by atoms with Crippen molar-refractivity contribution >= 4 is 22.6 Å². The van der Waals surface area contributed by atoms with Gasteiger partial charge in [-0.25, -0.2) is 0 Å². The highest BCUT2D eigenvalue weighted by Gasteiger charge is 1.37. The van der Waals surface area contributed by atoms with E-state index >= 15 is 0 Å². The first-order chi connectivity index (χ1) is 2.41. The Morgan fingerprint density at radius 3 is 2.20 bits per heavy atom. The monoisotopic (exact) mass is 176 g/mol. The molecule has 0 N–H and O–H groups in total. The predicted octanol–water partition coefficient (Wildman–Crippen LogP) is 1.02. The normalized spacial score (nSPS) is 3.20. The maximum Gasteiger partial charge on any atom is 0.0192 e. The van der Waals surface area contributed by atoms with Crippen molar-refractivity contribution in [3.8, 4) is 22.2 Å². The van der Waals surface area contributed by atoms with Gasteiger partial charge in [-0.1, -0.05) is 0 Å². The average Bonchev–Trinajstić information content (AvgIpc) is 1.41. The number of hydrogen-bond donors (Lipinski definition) is 0. The number of terminal acetylenes is 1. The van der Waals surface area contributed by atoms with Gasteiger partial charge in [0.1, 0.15) is 0 Å². The molecule has 0 atom stereocenters. The SMILES string of the molecule is C#CC#CI. The fourth-order valence-corrected chi connectivity index (χ4v) is 0.183. The second-order valence-electron chi connectivity index (χ2n) is 0.364. The largest absolute Gasteiger partial charge is 0.106 e. The van der Waals surface area contributed by atoms with E-state index in [9.17, 15) is 0 Å². The van der Waals surface area contributed by atoms with Gasteiger partial charge >= 0.3 is 0 Å². The van der Waals surface area contributed by atoms with Gasteiger partial charge in [0.2, 0.25) is 0 Å². The van der Waals surface area contributed by atoms with Crippen LogP contribution in [-0.2, 0) is 0 Å². The van der Waals surface area contributed by atoms with Crippen molar-refractivity contribution in [1.29, 1.82) is 0 Å². The van der Waals surface area contributed by atoms with Crippen molar-refractivity contribution in [2.24, 2.45) is 0 Å². The van der Waals surface area contributed by atoms with E-state index in [1.165, 1.54) is 0 Å². The van der Waals surface area contributed by atoms with E-state index in [2.05, 4.69) is 15.8 Å². The van der Waals surface area contributed by atoms with E-state index in [-0.39, 0.29) is 0 Å². The van der Waals surface area contributed by atoms with Crippen LogP contribution >= 0.6 is 22.6 Å². The maximum absolute atomic E-state index is 4.71. The van der Waals surface area contributed by atoms with Crippen LogP contribution in [0.25, 0.3) is 0 Å². The van der Waals surface area contributed by atoms with Crippen molar-refractivity contribution < 1.29 is 0 Å². The van der Waals surface area contributed by atoms with Crippen molar-refractivity contribution in [3.63, 3.8) is 0 Å². The van der Waals surface area contributed by atoms with Crippen LogP contribution in [0.2, 0.25) is 0 Å². The van der Waals surface area contributed by atoms with Gasteiger partial charge < -0.3 is 0 Å². The van der Waals surface area contributed by atoms with Gasteiger partial charge in [0, 0.05) is 22.6 Å². The quantitative estimate of drug-likeness (QED) is 0.381. The van der Waals surface area contributed by atoms with E-state index < -0.39 is 0 Å². The van der Waals surface area contributed by atoms with Gasteiger partial charge in [-0.15, -0.1) is 6.42 Å². The lowest BCUT2D eigenvalue weighted by atomic mass is 10.7. The summed E-state index contributed by atoms with van der Waals surface area (Å²) in [5, 5.41) is 0. The van der Waals surface area contributed by atoms with Gasteiger partial charge in [0.15, 0.2) is 0 Å². The molecule has 0 heterocycles. The van der Waals surface area contributed by atoms with Crippen LogP contribution in [0.4, 0.5) is 0 Å². The zero-order valence-corrected chi connectivity index (χ0v) is 4.61. The molecular weight excluding hydrogens is 175 g/mol. The van der Waals surface area contributed by atoms with E-state index in [1.54, 1.807) is 0 Å². The molecule has 24 valence electrons. The van der Waals surface area contributed by atoms with Crippen LogP contribution in [-0.4, -0.2) is 0 Å². The number of rotatable bonds is 0. The van der Waals surface area contributed by atoms with E-state index in [4.69, 9.17) is 6.42 Å². The lowest BCUT2D eigenvalue weighted by Crippen LogP contribution is -1.32. The summed E-state index contributed by atoms with van der Waals surface area (Å²) in [5.41, 5.74) is 0. The third-order valence-corrected chi connectivity index (χ3v) is 0.389. The molecule has 0 aromatic heterocycles. The van der Waals surface area contributed by atoms with Gasteiger partial charge in [0.05, 0.1) is 0 Å². The van der Waals surface area contributed by atoms with Crippen LogP contribution < -0.4 is 0 Å². The van der Waals surface area contributed by atoms with Gasteiger partial charge in [-0.2, -0.15) is 0 Å². The highest BCUT2D eigenvalue weighted by Crippen LogP contribution is 1.65. The molecule has 0 unspecified atom stereocenters. The Bertz CT molecular complexity index is 97.0. The Balaban J connectivity index is 3.30. The summed E-state index contributed by atoms with van der Waals surface area (Å²) in [6.07, 6.45) is 4.71. The van der Waals surface area contributed by atoms with Gasteiger partial charge in [-0.3, -0.25) is 0 Å². The summed E-state index contributed by atoms with van der Waals surface area (Å²) in [6, 6.07) is 0. The Kier molecular flexibility index (Phi) is 3.73. The number of hydrogen-bond acceptors (Lipinski definition) is 0. The zero-order chi connectivity index (χ0) is 4.12. The molecule has 0 aliphatic carbocycles. The van der Waals surface area contributed by atoms with Crippen LogP contribution in [0.3, 0.4) is 0 Å². The van der Waals surface area contributed by atoms with E-state index in [0.29, 0.717) is 0 Å². The molecule has 0 saturated carbocycles. The highest BCUT2D eigenvalue weighted by atomic mass is 127. The van der Waals surface area contributed by atoms with Gasteiger partial charge in [0.25, 0.3) is 0 Å². The van der Waals surface area contributed by atoms with Crippen molar-refractivity contribution in [3.05, 3.63) is 0 Å². The van der Waals surface area contributed by atoms with E-state index in [0.717, 1.165) is 0 Å². The molecule has 0 radical (unpaired) electrons. The molecule has 0 spiro atoms. The Morgan fingerprint density at radius 2 is 2.20 bits per heavy atom. The minimum Gasteiger partial charge on any atom is -0.106 e.